The minimum atomic E-state index is -0.0489. The quantitative estimate of drug-likeness (QED) is 0.851. The van der Waals surface area contributed by atoms with Crippen molar-refractivity contribution in [2.45, 2.75) is 25.9 Å². The molecule has 1 aromatic carbocycles. The molecule has 0 spiro atoms. The van der Waals surface area contributed by atoms with E-state index in [0.29, 0.717) is 0 Å². The van der Waals surface area contributed by atoms with Crippen molar-refractivity contribution in [2.75, 3.05) is 18.0 Å². The first kappa shape index (κ1) is 14.7. The number of para-hydroxylation sites is 1. The van der Waals surface area contributed by atoms with Gasteiger partial charge >= 0.3 is 0 Å². The van der Waals surface area contributed by atoms with Crippen molar-refractivity contribution in [3.63, 3.8) is 0 Å². The number of hydrogen-bond donors (Lipinski definition) is 0. The summed E-state index contributed by atoms with van der Waals surface area (Å²) in [5, 5.41) is 0. The lowest BCUT2D eigenvalue weighted by Crippen LogP contribution is -2.41. The maximum Gasteiger partial charge on any atom is 0.244 e. The van der Waals surface area contributed by atoms with Gasteiger partial charge in [0.05, 0.1) is 11.7 Å². The summed E-state index contributed by atoms with van der Waals surface area (Å²) in [7, 11) is 0. The Kier molecular flexibility index (Phi) is 4.49. The first-order chi connectivity index (χ1) is 10.8. The summed E-state index contributed by atoms with van der Waals surface area (Å²) in [5.74, 6) is 0.198. The standard InChI is InChI=1S/C18H21N3O/c1-2-20(14-15-8-6-7-12-19-15)17-11-13-21(18(17)22)16-9-4-3-5-10-16/h3-10,12,17H,2,11,13-14H2,1H3/t17-/m1/s1. The van der Waals surface area contributed by atoms with Gasteiger partial charge in [-0.2, -0.15) is 0 Å². The average molecular weight is 295 g/mol. The Hall–Kier alpha value is -2.20. The van der Waals surface area contributed by atoms with Gasteiger partial charge in [0.15, 0.2) is 0 Å². The van der Waals surface area contributed by atoms with Gasteiger partial charge in [-0.15, -0.1) is 0 Å². The molecule has 114 valence electrons. The molecule has 22 heavy (non-hydrogen) atoms. The first-order valence-electron chi connectivity index (χ1n) is 7.80. The van der Waals surface area contributed by atoms with E-state index in [1.807, 2.05) is 53.4 Å². The van der Waals surface area contributed by atoms with Gasteiger partial charge in [-0.05, 0) is 37.2 Å². The third-order valence-corrected chi connectivity index (χ3v) is 4.18. The lowest BCUT2D eigenvalue weighted by molar-refractivity contribution is -0.121. The van der Waals surface area contributed by atoms with Crippen LogP contribution in [0.2, 0.25) is 0 Å². The number of nitrogens with zero attached hydrogens (tertiary/aromatic N) is 3. The maximum atomic E-state index is 12.8. The number of aromatic nitrogens is 1. The van der Waals surface area contributed by atoms with Crippen LogP contribution in [0.1, 0.15) is 19.0 Å². The van der Waals surface area contributed by atoms with Crippen LogP contribution in [-0.2, 0) is 11.3 Å². The van der Waals surface area contributed by atoms with Crippen molar-refractivity contribution < 1.29 is 4.79 Å². The minimum absolute atomic E-state index is 0.0489. The van der Waals surface area contributed by atoms with Crippen molar-refractivity contribution in [3.05, 3.63) is 60.4 Å². The van der Waals surface area contributed by atoms with E-state index in [-0.39, 0.29) is 11.9 Å². The van der Waals surface area contributed by atoms with Crippen LogP contribution in [0, 0.1) is 0 Å². The highest BCUT2D eigenvalue weighted by molar-refractivity contribution is 5.99. The minimum Gasteiger partial charge on any atom is -0.311 e. The van der Waals surface area contributed by atoms with E-state index in [1.54, 1.807) is 6.20 Å². The molecule has 3 rings (SSSR count). The summed E-state index contributed by atoms with van der Waals surface area (Å²) in [6.45, 7) is 4.44. The molecule has 1 aliphatic rings. The van der Waals surface area contributed by atoms with Crippen LogP contribution < -0.4 is 4.90 Å². The fourth-order valence-electron chi connectivity index (χ4n) is 3.01. The van der Waals surface area contributed by atoms with Gasteiger partial charge in [0.25, 0.3) is 0 Å². The van der Waals surface area contributed by atoms with Crippen LogP contribution >= 0.6 is 0 Å². The monoisotopic (exact) mass is 295 g/mol. The van der Waals surface area contributed by atoms with Gasteiger partial charge < -0.3 is 4.90 Å². The highest BCUT2D eigenvalue weighted by atomic mass is 16.2. The molecule has 1 aliphatic heterocycles. The van der Waals surface area contributed by atoms with Gasteiger partial charge in [-0.25, -0.2) is 0 Å². The van der Waals surface area contributed by atoms with Crippen molar-refractivity contribution >= 4 is 11.6 Å². The van der Waals surface area contributed by atoms with Gasteiger partial charge in [0, 0.05) is 25.0 Å². The third-order valence-electron chi connectivity index (χ3n) is 4.18. The van der Waals surface area contributed by atoms with E-state index in [1.165, 1.54) is 0 Å². The predicted molar refractivity (Wildman–Crippen MR) is 87.5 cm³/mol. The van der Waals surface area contributed by atoms with Crippen molar-refractivity contribution in [3.8, 4) is 0 Å². The van der Waals surface area contributed by atoms with Crippen LogP contribution in [-0.4, -0.2) is 34.9 Å². The number of anilines is 1. The summed E-state index contributed by atoms with van der Waals surface area (Å²) in [6, 6.07) is 15.8. The van der Waals surface area contributed by atoms with E-state index in [4.69, 9.17) is 0 Å². The average Bonchev–Trinajstić information content (AvgIpc) is 2.96. The summed E-state index contributed by atoms with van der Waals surface area (Å²) >= 11 is 0. The molecule has 4 nitrogen and oxygen atoms in total. The molecule has 0 radical (unpaired) electrons. The van der Waals surface area contributed by atoms with Crippen molar-refractivity contribution in [2.24, 2.45) is 0 Å². The molecule has 0 saturated carbocycles. The molecule has 0 N–H and O–H groups in total. The van der Waals surface area contributed by atoms with E-state index in [0.717, 1.165) is 37.4 Å². The Labute approximate surface area is 131 Å². The number of rotatable bonds is 5. The molecule has 1 amide bonds. The molecule has 1 saturated heterocycles. The van der Waals surface area contributed by atoms with Gasteiger partial charge in [0.2, 0.25) is 5.91 Å². The Morgan fingerprint density at radius 2 is 1.95 bits per heavy atom. The predicted octanol–water partition coefficient (Wildman–Crippen LogP) is 2.71. The number of benzene rings is 1. The number of amides is 1. The fraction of sp³-hybridized carbons (Fsp3) is 0.333. The number of carbonyl (C=O) groups is 1. The number of carbonyl (C=O) groups excluding carboxylic acids is 1. The zero-order chi connectivity index (χ0) is 15.4. The van der Waals surface area contributed by atoms with E-state index in [9.17, 15) is 4.79 Å². The second-order valence-corrected chi connectivity index (χ2v) is 5.51. The molecule has 1 fully saturated rings. The SMILES string of the molecule is CCN(Cc1ccccn1)[C@@H]1CCN(c2ccccc2)C1=O. The van der Waals surface area contributed by atoms with Crippen LogP contribution in [0.3, 0.4) is 0 Å². The molecule has 1 atom stereocenters. The number of likely N-dealkylation sites (N-methyl/N-ethyl adjacent to an activating group) is 1. The molecular formula is C18H21N3O. The molecule has 0 aliphatic carbocycles. The first-order valence-corrected chi connectivity index (χ1v) is 7.80. The molecule has 2 heterocycles. The lowest BCUT2D eigenvalue weighted by Gasteiger charge is -2.26. The molecular weight excluding hydrogens is 274 g/mol. The zero-order valence-corrected chi connectivity index (χ0v) is 12.9. The summed E-state index contributed by atoms with van der Waals surface area (Å²) in [5.41, 5.74) is 2.00. The maximum absolute atomic E-state index is 12.8. The van der Waals surface area contributed by atoms with Gasteiger partial charge in [-0.3, -0.25) is 14.7 Å². The molecule has 1 aromatic heterocycles. The van der Waals surface area contributed by atoms with E-state index in [2.05, 4.69) is 16.8 Å². The Balaban J connectivity index is 1.73. The molecule has 0 unspecified atom stereocenters. The largest absolute Gasteiger partial charge is 0.311 e. The van der Waals surface area contributed by atoms with Crippen LogP contribution in [0.25, 0.3) is 0 Å². The van der Waals surface area contributed by atoms with Gasteiger partial charge in [0.1, 0.15) is 0 Å². The van der Waals surface area contributed by atoms with Crippen LogP contribution in [0.15, 0.2) is 54.7 Å². The highest BCUT2D eigenvalue weighted by Gasteiger charge is 2.36. The summed E-state index contributed by atoms with van der Waals surface area (Å²) < 4.78 is 0. The Bertz CT molecular complexity index is 615. The summed E-state index contributed by atoms with van der Waals surface area (Å²) in [6.07, 6.45) is 2.67. The Morgan fingerprint density at radius 1 is 1.18 bits per heavy atom. The van der Waals surface area contributed by atoms with Crippen molar-refractivity contribution in [1.82, 2.24) is 9.88 Å². The summed E-state index contributed by atoms with van der Waals surface area (Å²) in [4.78, 5) is 21.2. The number of pyridine rings is 1. The Morgan fingerprint density at radius 3 is 2.64 bits per heavy atom. The van der Waals surface area contributed by atoms with E-state index < -0.39 is 0 Å². The fourth-order valence-corrected chi connectivity index (χ4v) is 3.01. The third kappa shape index (κ3) is 3.02. The normalized spacial score (nSPS) is 18.2. The topological polar surface area (TPSA) is 36.4 Å². The molecule has 0 bridgehead atoms. The second-order valence-electron chi connectivity index (χ2n) is 5.51. The van der Waals surface area contributed by atoms with Crippen molar-refractivity contribution in [1.29, 1.82) is 0 Å². The highest BCUT2D eigenvalue weighted by Crippen LogP contribution is 2.24. The number of hydrogen-bond acceptors (Lipinski definition) is 3. The molecule has 2 aromatic rings. The zero-order valence-electron chi connectivity index (χ0n) is 12.9. The van der Waals surface area contributed by atoms with E-state index >= 15 is 0 Å². The molecule has 4 heteroatoms. The smallest absolute Gasteiger partial charge is 0.244 e. The second kappa shape index (κ2) is 6.71. The van der Waals surface area contributed by atoms with Crippen LogP contribution in [0.4, 0.5) is 5.69 Å². The lowest BCUT2D eigenvalue weighted by atomic mass is 10.2. The van der Waals surface area contributed by atoms with Gasteiger partial charge in [-0.1, -0.05) is 31.2 Å². The van der Waals surface area contributed by atoms with Crippen LogP contribution in [0.5, 0.6) is 0 Å².